The van der Waals surface area contributed by atoms with Gasteiger partial charge in [0, 0.05) is 12.3 Å². The van der Waals surface area contributed by atoms with Gasteiger partial charge >= 0.3 is 5.97 Å². The van der Waals surface area contributed by atoms with Crippen molar-refractivity contribution in [3.63, 3.8) is 0 Å². The van der Waals surface area contributed by atoms with E-state index in [0.717, 1.165) is 0 Å². The topological polar surface area (TPSA) is 75.6 Å². The van der Waals surface area contributed by atoms with Gasteiger partial charge in [0.1, 0.15) is 5.75 Å². The Morgan fingerprint density at radius 2 is 2.10 bits per heavy atom. The van der Waals surface area contributed by atoms with Crippen LogP contribution in [0.1, 0.15) is 23.2 Å². The second-order valence-corrected chi connectivity index (χ2v) is 6.06. The second-order valence-electron chi connectivity index (χ2n) is 4.95. The van der Waals surface area contributed by atoms with Crippen LogP contribution in [0.3, 0.4) is 0 Å². The number of aliphatic carboxylic acids is 1. The van der Waals surface area contributed by atoms with Crippen molar-refractivity contribution in [2.45, 2.75) is 12.8 Å². The van der Waals surface area contributed by atoms with Crippen LogP contribution in [0.15, 0.2) is 24.3 Å². The van der Waals surface area contributed by atoms with Gasteiger partial charge in [0.05, 0.1) is 17.9 Å². The van der Waals surface area contributed by atoms with Crippen molar-refractivity contribution in [2.75, 3.05) is 24.7 Å². The maximum Gasteiger partial charge on any atom is 0.313 e. The number of nitrogens with one attached hydrogen (secondary N) is 1. The molecule has 2 N–H and O–H groups in total. The van der Waals surface area contributed by atoms with Crippen molar-refractivity contribution < 1.29 is 19.4 Å². The van der Waals surface area contributed by atoms with Gasteiger partial charge in [-0.15, -0.1) is 11.8 Å². The summed E-state index contributed by atoms with van der Waals surface area (Å²) in [6.45, 7) is 1.10. The SMILES string of the molecule is O=C(O)CSCCNC(=O)c1ccccc1OCC1CC1. The summed E-state index contributed by atoms with van der Waals surface area (Å²) in [6, 6.07) is 7.19. The van der Waals surface area contributed by atoms with Crippen molar-refractivity contribution in [3.8, 4) is 5.75 Å². The van der Waals surface area contributed by atoms with E-state index in [0.29, 0.717) is 36.1 Å². The maximum absolute atomic E-state index is 12.1. The van der Waals surface area contributed by atoms with Crippen LogP contribution in [0.25, 0.3) is 0 Å². The van der Waals surface area contributed by atoms with Crippen molar-refractivity contribution in [2.24, 2.45) is 5.92 Å². The summed E-state index contributed by atoms with van der Waals surface area (Å²) in [7, 11) is 0. The highest BCUT2D eigenvalue weighted by Crippen LogP contribution is 2.30. The van der Waals surface area contributed by atoms with E-state index >= 15 is 0 Å². The Balaban J connectivity index is 1.78. The molecule has 1 amide bonds. The van der Waals surface area contributed by atoms with Gasteiger partial charge in [-0.05, 0) is 30.9 Å². The predicted octanol–water partition coefficient (Wildman–Crippen LogP) is 2.02. The molecule has 0 radical (unpaired) electrons. The summed E-state index contributed by atoms with van der Waals surface area (Å²) < 4.78 is 5.70. The molecular formula is C15H19NO4S. The van der Waals surface area contributed by atoms with Gasteiger partial charge in [0.2, 0.25) is 0 Å². The van der Waals surface area contributed by atoms with E-state index in [4.69, 9.17) is 9.84 Å². The molecule has 0 bridgehead atoms. The van der Waals surface area contributed by atoms with Gasteiger partial charge in [-0.25, -0.2) is 0 Å². The summed E-state index contributed by atoms with van der Waals surface area (Å²) >= 11 is 1.28. The molecule has 6 heteroatoms. The minimum absolute atomic E-state index is 0.0525. The third-order valence-electron chi connectivity index (χ3n) is 3.06. The zero-order valence-electron chi connectivity index (χ0n) is 11.7. The number of para-hydroxylation sites is 1. The van der Waals surface area contributed by atoms with E-state index in [1.165, 1.54) is 24.6 Å². The number of hydrogen-bond acceptors (Lipinski definition) is 4. The Morgan fingerprint density at radius 1 is 1.33 bits per heavy atom. The van der Waals surface area contributed by atoms with Crippen LogP contribution in [-0.2, 0) is 4.79 Å². The smallest absolute Gasteiger partial charge is 0.313 e. The summed E-state index contributed by atoms with van der Waals surface area (Å²) in [5.74, 6) is 0.844. The van der Waals surface area contributed by atoms with Crippen LogP contribution < -0.4 is 10.1 Å². The Morgan fingerprint density at radius 3 is 2.81 bits per heavy atom. The molecular weight excluding hydrogens is 290 g/mol. The fourth-order valence-corrected chi connectivity index (χ4v) is 2.33. The lowest BCUT2D eigenvalue weighted by Crippen LogP contribution is -2.26. The highest BCUT2D eigenvalue weighted by atomic mass is 32.2. The van der Waals surface area contributed by atoms with Gasteiger partial charge in [-0.1, -0.05) is 12.1 Å². The number of thioether (sulfide) groups is 1. The monoisotopic (exact) mass is 309 g/mol. The summed E-state index contributed by atoms with van der Waals surface area (Å²) in [5, 5.41) is 11.3. The number of rotatable bonds is 9. The van der Waals surface area contributed by atoms with Crippen LogP contribution >= 0.6 is 11.8 Å². The Hall–Kier alpha value is -1.69. The molecule has 0 atom stereocenters. The highest BCUT2D eigenvalue weighted by Gasteiger charge is 2.22. The van der Waals surface area contributed by atoms with E-state index in [1.807, 2.05) is 6.07 Å². The van der Waals surface area contributed by atoms with Gasteiger partial charge in [-0.2, -0.15) is 0 Å². The Kier molecular flexibility index (Phi) is 5.92. The minimum Gasteiger partial charge on any atom is -0.492 e. The zero-order valence-corrected chi connectivity index (χ0v) is 12.5. The van der Waals surface area contributed by atoms with E-state index in [2.05, 4.69) is 5.32 Å². The van der Waals surface area contributed by atoms with Crippen molar-refractivity contribution in [1.82, 2.24) is 5.32 Å². The van der Waals surface area contributed by atoms with Crippen LogP contribution in [0, 0.1) is 5.92 Å². The van der Waals surface area contributed by atoms with E-state index in [-0.39, 0.29) is 11.7 Å². The number of carbonyl (C=O) groups is 2. The number of amides is 1. The third kappa shape index (κ3) is 5.67. The molecule has 1 aromatic carbocycles. The molecule has 0 aromatic heterocycles. The van der Waals surface area contributed by atoms with Gasteiger partial charge in [0.15, 0.2) is 0 Å². The molecule has 21 heavy (non-hydrogen) atoms. The van der Waals surface area contributed by atoms with E-state index in [9.17, 15) is 9.59 Å². The zero-order chi connectivity index (χ0) is 15.1. The van der Waals surface area contributed by atoms with Crippen LogP contribution in [0.2, 0.25) is 0 Å². The molecule has 114 valence electrons. The molecule has 0 heterocycles. The first kappa shape index (κ1) is 15.7. The molecule has 0 spiro atoms. The van der Waals surface area contributed by atoms with E-state index < -0.39 is 5.97 Å². The summed E-state index contributed by atoms with van der Waals surface area (Å²) in [4.78, 5) is 22.5. The number of hydrogen-bond donors (Lipinski definition) is 2. The molecule has 1 aliphatic carbocycles. The van der Waals surface area contributed by atoms with Crippen LogP contribution in [0.5, 0.6) is 5.75 Å². The van der Waals surface area contributed by atoms with Crippen LogP contribution in [0.4, 0.5) is 0 Å². The number of carboxylic acids is 1. The average molecular weight is 309 g/mol. The van der Waals surface area contributed by atoms with E-state index in [1.54, 1.807) is 18.2 Å². The molecule has 1 saturated carbocycles. The minimum atomic E-state index is -0.842. The molecule has 0 aliphatic heterocycles. The number of ether oxygens (including phenoxy) is 1. The quantitative estimate of drug-likeness (QED) is 0.683. The molecule has 1 aromatic rings. The number of carboxylic acid groups (broad SMARTS) is 1. The van der Waals surface area contributed by atoms with Gasteiger partial charge in [0.25, 0.3) is 5.91 Å². The molecule has 2 rings (SSSR count). The van der Waals surface area contributed by atoms with Crippen molar-refractivity contribution in [3.05, 3.63) is 29.8 Å². The maximum atomic E-state index is 12.1. The van der Waals surface area contributed by atoms with Crippen LogP contribution in [-0.4, -0.2) is 41.6 Å². The molecule has 1 fully saturated rings. The number of carbonyl (C=O) groups excluding carboxylic acids is 1. The molecule has 1 aliphatic rings. The second kappa shape index (κ2) is 7.93. The lowest BCUT2D eigenvalue weighted by atomic mass is 10.2. The Bertz CT molecular complexity index is 502. The first-order valence-electron chi connectivity index (χ1n) is 6.96. The fraction of sp³-hybridized carbons (Fsp3) is 0.467. The highest BCUT2D eigenvalue weighted by molar-refractivity contribution is 7.99. The fourth-order valence-electron chi connectivity index (χ4n) is 1.76. The largest absolute Gasteiger partial charge is 0.492 e. The predicted molar refractivity (Wildman–Crippen MR) is 82.0 cm³/mol. The molecule has 0 unspecified atom stereocenters. The average Bonchev–Trinajstić information content (AvgIpc) is 3.28. The third-order valence-corrected chi connectivity index (χ3v) is 4.00. The lowest BCUT2D eigenvalue weighted by molar-refractivity contribution is -0.133. The van der Waals surface area contributed by atoms with Crippen molar-refractivity contribution in [1.29, 1.82) is 0 Å². The standard InChI is InChI=1S/C15H19NO4S/c17-14(18)10-21-8-7-16-15(19)12-3-1-2-4-13(12)20-9-11-5-6-11/h1-4,11H,5-10H2,(H,16,19)(H,17,18). The summed E-state index contributed by atoms with van der Waals surface area (Å²) in [6.07, 6.45) is 2.41. The van der Waals surface area contributed by atoms with Gasteiger partial charge < -0.3 is 15.2 Å². The molecule has 5 nitrogen and oxygen atoms in total. The Labute approximate surface area is 128 Å². The van der Waals surface area contributed by atoms with Gasteiger partial charge in [-0.3, -0.25) is 9.59 Å². The number of benzene rings is 1. The summed E-state index contributed by atoms with van der Waals surface area (Å²) in [5.41, 5.74) is 0.529. The first-order chi connectivity index (χ1) is 10.2. The van der Waals surface area contributed by atoms with Crippen molar-refractivity contribution >= 4 is 23.6 Å². The normalized spacial score (nSPS) is 13.7. The molecule has 0 saturated heterocycles. The first-order valence-corrected chi connectivity index (χ1v) is 8.12. The lowest BCUT2D eigenvalue weighted by Gasteiger charge is -2.11.